The van der Waals surface area contributed by atoms with Gasteiger partial charge in [0.15, 0.2) is 0 Å². The molecular formula is C16H22N4O3S. The Morgan fingerprint density at radius 1 is 1.42 bits per heavy atom. The minimum atomic E-state index is -0.0625. The van der Waals surface area contributed by atoms with Crippen molar-refractivity contribution in [2.24, 2.45) is 0 Å². The molecule has 3 atom stereocenters. The molecule has 3 heterocycles. The molecule has 2 aliphatic rings. The molecule has 7 nitrogen and oxygen atoms in total. The number of hydrogen-bond acceptors (Lipinski definition) is 5. The summed E-state index contributed by atoms with van der Waals surface area (Å²) in [7, 11) is 0. The van der Waals surface area contributed by atoms with Crippen LogP contribution in [-0.2, 0) is 11.3 Å². The number of unbranched alkanes of at least 4 members (excludes halogenated alkanes) is 1. The summed E-state index contributed by atoms with van der Waals surface area (Å²) < 4.78 is 0. The summed E-state index contributed by atoms with van der Waals surface area (Å²) in [6.45, 7) is 0.242. The third kappa shape index (κ3) is 4.11. The summed E-state index contributed by atoms with van der Waals surface area (Å²) in [5.41, 5.74) is 0.476. The van der Waals surface area contributed by atoms with Gasteiger partial charge in [-0.3, -0.25) is 9.78 Å². The zero-order valence-electron chi connectivity index (χ0n) is 13.3. The largest absolute Gasteiger partial charge is 0.506 e. The molecule has 0 radical (unpaired) electrons. The van der Waals surface area contributed by atoms with Crippen molar-refractivity contribution in [1.82, 2.24) is 20.9 Å². The first-order valence-corrected chi connectivity index (χ1v) is 9.26. The minimum absolute atomic E-state index is 0.0344. The number of thioether (sulfide) groups is 1. The number of carbonyl (C=O) groups excluding carboxylic acids is 2. The molecule has 0 spiro atoms. The van der Waals surface area contributed by atoms with Gasteiger partial charge >= 0.3 is 6.03 Å². The normalized spacial score (nSPS) is 25.0. The summed E-state index contributed by atoms with van der Waals surface area (Å²) in [5.74, 6) is 1.02. The van der Waals surface area contributed by atoms with E-state index in [9.17, 15) is 14.7 Å². The highest BCUT2D eigenvalue weighted by atomic mass is 32.2. The van der Waals surface area contributed by atoms with Gasteiger partial charge < -0.3 is 21.1 Å². The molecule has 3 amide bonds. The van der Waals surface area contributed by atoms with Crippen molar-refractivity contribution in [3.05, 3.63) is 24.0 Å². The lowest BCUT2D eigenvalue weighted by molar-refractivity contribution is -0.121. The molecule has 2 saturated heterocycles. The molecule has 130 valence electrons. The van der Waals surface area contributed by atoms with Crippen LogP contribution in [0.1, 0.15) is 31.4 Å². The van der Waals surface area contributed by atoms with E-state index >= 15 is 0 Å². The van der Waals surface area contributed by atoms with E-state index in [2.05, 4.69) is 20.9 Å². The van der Waals surface area contributed by atoms with E-state index in [1.807, 2.05) is 11.8 Å². The molecule has 0 unspecified atom stereocenters. The van der Waals surface area contributed by atoms with Crippen LogP contribution in [0.5, 0.6) is 5.75 Å². The number of amides is 3. The van der Waals surface area contributed by atoms with Crippen LogP contribution in [0.3, 0.4) is 0 Å². The topological polar surface area (TPSA) is 103 Å². The minimum Gasteiger partial charge on any atom is -0.506 e. The number of carbonyl (C=O) groups is 2. The first kappa shape index (κ1) is 16.9. The van der Waals surface area contributed by atoms with E-state index in [1.165, 1.54) is 0 Å². The average molecular weight is 350 g/mol. The van der Waals surface area contributed by atoms with Gasteiger partial charge in [0.25, 0.3) is 0 Å². The van der Waals surface area contributed by atoms with E-state index in [0.717, 1.165) is 25.0 Å². The Morgan fingerprint density at radius 2 is 2.29 bits per heavy atom. The smallest absolute Gasteiger partial charge is 0.315 e. The fourth-order valence-corrected chi connectivity index (χ4v) is 4.65. The van der Waals surface area contributed by atoms with Gasteiger partial charge in [0.2, 0.25) is 5.91 Å². The van der Waals surface area contributed by atoms with Crippen LogP contribution >= 0.6 is 11.8 Å². The summed E-state index contributed by atoms with van der Waals surface area (Å²) in [6, 6.07) is 3.62. The lowest BCUT2D eigenvalue weighted by Gasteiger charge is -2.16. The highest BCUT2D eigenvalue weighted by Gasteiger charge is 2.42. The van der Waals surface area contributed by atoms with Crippen LogP contribution in [0.25, 0.3) is 0 Å². The highest BCUT2D eigenvalue weighted by Crippen LogP contribution is 2.33. The van der Waals surface area contributed by atoms with Crippen molar-refractivity contribution in [3.63, 3.8) is 0 Å². The van der Waals surface area contributed by atoms with Gasteiger partial charge in [-0.05, 0) is 25.0 Å². The van der Waals surface area contributed by atoms with E-state index in [4.69, 9.17) is 0 Å². The van der Waals surface area contributed by atoms with E-state index in [1.54, 1.807) is 18.3 Å². The van der Waals surface area contributed by atoms with Crippen molar-refractivity contribution >= 4 is 23.7 Å². The number of pyridine rings is 1. The van der Waals surface area contributed by atoms with Gasteiger partial charge in [-0.25, -0.2) is 4.79 Å². The maximum Gasteiger partial charge on any atom is 0.315 e. The van der Waals surface area contributed by atoms with Gasteiger partial charge in [0, 0.05) is 23.6 Å². The average Bonchev–Trinajstić information content (AvgIpc) is 3.10. The predicted molar refractivity (Wildman–Crippen MR) is 91.7 cm³/mol. The number of urea groups is 1. The summed E-state index contributed by atoms with van der Waals surface area (Å²) in [6.07, 6.45) is 4.82. The third-order valence-electron chi connectivity index (χ3n) is 4.40. The van der Waals surface area contributed by atoms with Gasteiger partial charge in [-0.2, -0.15) is 11.8 Å². The molecule has 0 saturated carbocycles. The Kier molecular flexibility index (Phi) is 5.44. The second-order valence-electron chi connectivity index (χ2n) is 6.11. The molecule has 3 rings (SSSR count). The Hall–Kier alpha value is -1.96. The highest BCUT2D eigenvalue weighted by molar-refractivity contribution is 8.00. The molecule has 2 aliphatic heterocycles. The Balaban J connectivity index is 1.31. The monoisotopic (exact) mass is 350 g/mol. The molecule has 0 aliphatic carbocycles. The molecule has 24 heavy (non-hydrogen) atoms. The van der Waals surface area contributed by atoms with Crippen molar-refractivity contribution in [2.75, 3.05) is 5.75 Å². The third-order valence-corrected chi connectivity index (χ3v) is 5.91. The Bertz CT molecular complexity index is 613. The van der Waals surface area contributed by atoms with E-state index < -0.39 is 0 Å². The molecule has 4 N–H and O–H groups in total. The standard InChI is InChI=1S/C16H22N4O3S/c21-12-4-3-7-17-10(12)8-18-14(22)6-2-1-5-13-15-11(9-24-13)19-16(23)20-15/h3-4,7,11,13,15,21H,1-2,5-6,8-9H2,(H,18,22)(H2,19,20,23)/t11-,13-,15-/m0/s1. The summed E-state index contributed by atoms with van der Waals surface area (Å²) >= 11 is 1.89. The number of rotatable bonds is 7. The van der Waals surface area contributed by atoms with Crippen molar-refractivity contribution in [3.8, 4) is 5.75 Å². The fourth-order valence-electron chi connectivity index (χ4n) is 3.11. The Morgan fingerprint density at radius 3 is 3.12 bits per heavy atom. The lowest BCUT2D eigenvalue weighted by Crippen LogP contribution is -2.36. The first-order valence-electron chi connectivity index (χ1n) is 8.21. The van der Waals surface area contributed by atoms with Crippen LogP contribution in [0.15, 0.2) is 18.3 Å². The number of fused-ring (bicyclic) bond motifs is 1. The number of nitrogens with one attached hydrogen (secondary N) is 3. The Labute approximate surface area is 145 Å². The van der Waals surface area contributed by atoms with Crippen LogP contribution < -0.4 is 16.0 Å². The molecule has 0 bridgehead atoms. The molecule has 1 aromatic heterocycles. The molecule has 0 aromatic carbocycles. The molecule has 1 aromatic rings. The molecular weight excluding hydrogens is 328 g/mol. The van der Waals surface area contributed by atoms with Crippen LogP contribution in [-0.4, -0.2) is 45.1 Å². The maximum atomic E-state index is 11.9. The predicted octanol–water partition coefficient (Wildman–Crippen LogP) is 1.13. The van der Waals surface area contributed by atoms with Crippen molar-refractivity contribution < 1.29 is 14.7 Å². The van der Waals surface area contributed by atoms with Crippen LogP contribution in [0.4, 0.5) is 4.79 Å². The van der Waals surface area contributed by atoms with Crippen LogP contribution in [0.2, 0.25) is 0 Å². The molecule has 8 heteroatoms. The van der Waals surface area contributed by atoms with Crippen molar-refractivity contribution in [2.45, 2.75) is 49.6 Å². The lowest BCUT2D eigenvalue weighted by atomic mass is 10.0. The van der Waals surface area contributed by atoms with Gasteiger partial charge in [-0.1, -0.05) is 6.42 Å². The molecule has 2 fully saturated rings. The second-order valence-corrected chi connectivity index (χ2v) is 7.39. The second kappa shape index (κ2) is 7.74. The fraction of sp³-hybridized carbons (Fsp3) is 0.562. The van der Waals surface area contributed by atoms with Gasteiger partial charge in [-0.15, -0.1) is 0 Å². The van der Waals surface area contributed by atoms with E-state index in [-0.39, 0.29) is 36.3 Å². The summed E-state index contributed by atoms with van der Waals surface area (Å²) in [5, 5.41) is 18.7. The van der Waals surface area contributed by atoms with Gasteiger partial charge in [0.1, 0.15) is 11.4 Å². The number of hydrogen-bond donors (Lipinski definition) is 4. The maximum absolute atomic E-state index is 11.9. The SMILES string of the molecule is O=C(CCCC[C@@H]1SC[C@@H]2NC(=O)N[C@@H]21)NCc1ncccc1O. The zero-order chi connectivity index (χ0) is 16.9. The number of aromatic nitrogens is 1. The van der Waals surface area contributed by atoms with Gasteiger partial charge in [0.05, 0.1) is 18.6 Å². The quantitative estimate of drug-likeness (QED) is 0.436. The van der Waals surface area contributed by atoms with Crippen molar-refractivity contribution in [1.29, 1.82) is 0 Å². The number of nitrogens with zero attached hydrogens (tertiary/aromatic N) is 1. The van der Waals surface area contributed by atoms with E-state index in [0.29, 0.717) is 17.4 Å². The zero-order valence-corrected chi connectivity index (χ0v) is 14.1. The van der Waals surface area contributed by atoms with Crippen LogP contribution in [0, 0.1) is 0 Å². The number of aromatic hydroxyl groups is 1. The summed E-state index contributed by atoms with van der Waals surface area (Å²) in [4.78, 5) is 27.2. The first-order chi connectivity index (χ1) is 11.6.